The van der Waals surface area contributed by atoms with Crippen LogP contribution in [0.15, 0.2) is 24.3 Å². The molecule has 0 radical (unpaired) electrons. The van der Waals surface area contributed by atoms with E-state index in [0.717, 1.165) is 0 Å². The Bertz CT molecular complexity index is 520. The molecule has 0 aromatic heterocycles. The normalized spacial score (nSPS) is 18.9. The van der Waals surface area contributed by atoms with E-state index in [-0.39, 0.29) is 17.3 Å². The van der Waals surface area contributed by atoms with E-state index in [4.69, 9.17) is 9.47 Å². The molecular weight excluding hydrogens is 322 g/mol. The average molecular weight is 336 g/mol. The highest BCUT2D eigenvalue weighted by Crippen LogP contribution is 2.31. The summed E-state index contributed by atoms with van der Waals surface area (Å²) in [5.41, 5.74) is 0. The Kier molecular flexibility index (Phi) is 4.14. The highest BCUT2D eigenvalue weighted by Gasteiger charge is 2.26. The van der Waals surface area contributed by atoms with Crippen molar-refractivity contribution in [1.29, 1.82) is 0 Å². The summed E-state index contributed by atoms with van der Waals surface area (Å²) in [4.78, 5) is 0. The van der Waals surface area contributed by atoms with Gasteiger partial charge in [-0.1, -0.05) is 28.1 Å². The van der Waals surface area contributed by atoms with Gasteiger partial charge < -0.3 is 9.47 Å². The van der Waals surface area contributed by atoms with E-state index < -0.39 is 10.0 Å². The molecule has 0 saturated heterocycles. The molecule has 2 rings (SSSR count). The van der Waals surface area contributed by atoms with Gasteiger partial charge in [-0.3, -0.25) is 0 Å². The zero-order valence-electron chi connectivity index (χ0n) is 9.87. The maximum atomic E-state index is 11.6. The number of benzene rings is 1. The maximum absolute atomic E-state index is 11.6. The monoisotopic (exact) mass is 335 g/mol. The van der Waals surface area contributed by atoms with Crippen molar-refractivity contribution < 1.29 is 17.9 Å². The highest BCUT2D eigenvalue weighted by molar-refractivity contribution is 9.10. The quantitative estimate of drug-likeness (QED) is 0.781. The van der Waals surface area contributed by atoms with Crippen molar-refractivity contribution in [3.8, 4) is 11.5 Å². The third kappa shape index (κ3) is 2.96. The number of para-hydroxylation sites is 2. The van der Waals surface area contributed by atoms with Gasteiger partial charge in [0, 0.05) is 7.05 Å². The van der Waals surface area contributed by atoms with Gasteiger partial charge in [0.15, 0.2) is 11.5 Å². The second kappa shape index (κ2) is 5.46. The molecule has 1 aliphatic rings. The molecule has 1 unspecified atom stereocenters. The fraction of sp³-hybridized carbons (Fsp3) is 0.455. The minimum atomic E-state index is -3.26. The fourth-order valence-corrected chi connectivity index (χ4v) is 3.25. The van der Waals surface area contributed by atoms with Crippen LogP contribution < -0.4 is 9.47 Å². The first-order valence-corrected chi connectivity index (χ1v) is 8.14. The summed E-state index contributed by atoms with van der Waals surface area (Å²) in [7, 11) is -1.73. The number of likely N-dealkylation sites (N-methyl/N-ethyl adjacent to an activating group) is 1. The van der Waals surface area contributed by atoms with Crippen molar-refractivity contribution in [3.05, 3.63) is 24.3 Å². The molecule has 0 aliphatic carbocycles. The van der Waals surface area contributed by atoms with Crippen molar-refractivity contribution >= 4 is 26.0 Å². The van der Waals surface area contributed by atoms with Crippen LogP contribution in [0.1, 0.15) is 0 Å². The maximum Gasteiger partial charge on any atom is 0.224 e. The summed E-state index contributed by atoms with van der Waals surface area (Å²) in [6, 6.07) is 7.35. The topological polar surface area (TPSA) is 55.8 Å². The first-order valence-electron chi connectivity index (χ1n) is 5.41. The van der Waals surface area contributed by atoms with Crippen molar-refractivity contribution in [2.45, 2.75) is 6.10 Å². The lowest BCUT2D eigenvalue weighted by molar-refractivity contribution is 0.0799. The van der Waals surface area contributed by atoms with Gasteiger partial charge in [-0.05, 0) is 12.1 Å². The van der Waals surface area contributed by atoms with Crippen LogP contribution in [0.5, 0.6) is 11.5 Å². The molecule has 1 aromatic carbocycles. The van der Waals surface area contributed by atoms with Crippen LogP contribution in [0.4, 0.5) is 0 Å². The molecule has 0 spiro atoms. The Hall–Kier alpha value is -0.790. The molecule has 1 aromatic rings. The molecule has 0 bridgehead atoms. The molecule has 18 heavy (non-hydrogen) atoms. The number of rotatable bonds is 4. The predicted molar refractivity (Wildman–Crippen MR) is 71.7 cm³/mol. The lowest BCUT2D eigenvalue weighted by atomic mass is 10.2. The van der Waals surface area contributed by atoms with E-state index >= 15 is 0 Å². The molecule has 0 N–H and O–H groups in total. The van der Waals surface area contributed by atoms with Gasteiger partial charge in [-0.15, -0.1) is 0 Å². The molecule has 0 amide bonds. The Labute approximate surface area is 115 Å². The van der Waals surface area contributed by atoms with Crippen molar-refractivity contribution in [1.82, 2.24) is 4.31 Å². The van der Waals surface area contributed by atoms with Gasteiger partial charge in [0.05, 0.1) is 6.54 Å². The Morgan fingerprint density at radius 2 is 2.06 bits per heavy atom. The number of sulfonamides is 1. The van der Waals surface area contributed by atoms with Gasteiger partial charge in [0.2, 0.25) is 10.0 Å². The van der Waals surface area contributed by atoms with Crippen LogP contribution in [0, 0.1) is 0 Å². The predicted octanol–water partition coefficient (Wildman–Crippen LogP) is 1.44. The van der Waals surface area contributed by atoms with Crippen LogP contribution in [0.25, 0.3) is 0 Å². The molecule has 100 valence electrons. The van der Waals surface area contributed by atoms with E-state index in [1.54, 1.807) is 6.07 Å². The molecule has 5 nitrogen and oxygen atoms in total. The number of nitrogens with zero attached hydrogens (tertiary/aromatic N) is 1. The van der Waals surface area contributed by atoms with Crippen molar-refractivity contribution in [2.24, 2.45) is 0 Å². The van der Waals surface area contributed by atoms with Gasteiger partial charge in [0.1, 0.15) is 17.4 Å². The zero-order chi connectivity index (χ0) is 13.2. The molecule has 1 heterocycles. The summed E-state index contributed by atoms with van der Waals surface area (Å²) < 4.78 is 35.6. The Morgan fingerprint density at radius 3 is 2.72 bits per heavy atom. The molecular formula is C11H14BrNO4S. The number of halogens is 1. The smallest absolute Gasteiger partial charge is 0.224 e. The third-order valence-electron chi connectivity index (χ3n) is 2.64. The van der Waals surface area contributed by atoms with E-state index in [0.29, 0.717) is 18.1 Å². The van der Waals surface area contributed by atoms with Gasteiger partial charge in [-0.2, -0.15) is 0 Å². The summed E-state index contributed by atoms with van der Waals surface area (Å²) in [5.74, 6) is 1.35. The molecule has 1 atom stereocenters. The minimum absolute atomic E-state index is 0.0966. The fourth-order valence-electron chi connectivity index (χ4n) is 1.64. The third-order valence-corrected chi connectivity index (χ3v) is 5.75. The first-order chi connectivity index (χ1) is 8.53. The van der Waals surface area contributed by atoms with Crippen LogP contribution >= 0.6 is 15.9 Å². The van der Waals surface area contributed by atoms with Gasteiger partial charge in [0.25, 0.3) is 0 Å². The van der Waals surface area contributed by atoms with E-state index in [9.17, 15) is 8.42 Å². The molecule has 7 heteroatoms. The number of ether oxygens (including phenoxy) is 2. The summed E-state index contributed by atoms with van der Waals surface area (Å²) in [5, 5.41) is 0. The lowest BCUT2D eigenvalue weighted by Gasteiger charge is -2.29. The van der Waals surface area contributed by atoms with E-state index in [1.807, 2.05) is 18.2 Å². The number of alkyl halides is 1. The van der Waals surface area contributed by atoms with Crippen LogP contribution in [0.2, 0.25) is 0 Å². The minimum Gasteiger partial charge on any atom is -0.486 e. The van der Waals surface area contributed by atoms with Gasteiger partial charge >= 0.3 is 0 Å². The van der Waals surface area contributed by atoms with Crippen molar-refractivity contribution in [2.75, 3.05) is 24.9 Å². The van der Waals surface area contributed by atoms with E-state index in [1.165, 1.54) is 11.4 Å². The Balaban J connectivity index is 2.02. The summed E-state index contributed by atoms with van der Waals surface area (Å²) >= 11 is 2.96. The summed E-state index contributed by atoms with van der Waals surface area (Å²) in [6.07, 6.45) is -0.293. The molecule has 1 aliphatic heterocycles. The first kappa shape index (κ1) is 13.6. The zero-order valence-corrected chi connectivity index (χ0v) is 12.3. The van der Waals surface area contributed by atoms with Crippen LogP contribution in [-0.2, 0) is 10.0 Å². The SMILES string of the molecule is CN(CC1COc2ccccc2O1)S(=O)(=O)CBr. The van der Waals surface area contributed by atoms with Crippen LogP contribution in [0.3, 0.4) is 0 Å². The summed E-state index contributed by atoms with van der Waals surface area (Å²) in [6.45, 7) is 0.613. The second-order valence-electron chi connectivity index (χ2n) is 4.00. The van der Waals surface area contributed by atoms with Gasteiger partial charge in [-0.25, -0.2) is 12.7 Å². The largest absolute Gasteiger partial charge is 0.486 e. The standard InChI is InChI=1S/C11H14BrNO4S/c1-13(18(14,15)8-12)6-9-7-16-10-4-2-3-5-11(10)17-9/h2-5,9H,6-8H2,1H3. The number of fused-ring (bicyclic) bond motifs is 1. The highest BCUT2D eigenvalue weighted by atomic mass is 79.9. The lowest BCUT2D eigenvalue weighted by Crippen LogP contribution is -2.42. The number of hydrogen-bond acceptors (Lipinski definition) is 4. The second-order valence-corrected chi connectivity index (χ2v) is 7.38. The Morgan fingerprint density at radius 1 is 1.39 bits per heavy atom. The average Bonchev–Trinajstić information content (AvgIpc) is 2.38. The molecule has 0 fully saturated rings. The van der Waals surface area contributed by atoms with Crippen molar-refractivity contribution in [3.63, 3.8) is 0 Å². The van der Waals surface area contributed by atoms with Crippen LogP contribution in [-0.4, -0.2) is 43.7 Å². The molecule has 0 saturated carbocycles. The number of hydrogen-bond donors (Lipinski definition) is 0. The van der Waals surface area contributed by atoms with E-state index in [2.05, 4.69) is 15.9 Å².